The largest absolute Gasteiger partial charge is 0.478 e. The minimum Gasteiger partial charge on any atom is -0.478 e. The summed E-state index contributed by atoms with van der Waals surface area (Å²) in [6.45, 7) is 1.04. The van der Waals surface area contributed by atoms with Crippen LogP contribution in [-0.4, -0.2) is 34.4 Å². The zero-order chi connectivity index (χ0) is 13.4. The maximum atomic E-state index is 11.0. The second-order valence-electron chi connectivity index (χ2n) is 4.46. The van der Waals surface area contributed by atoms with Crippen LogP contribution in [0.4, 0.5) is 4.79 Å². The van der Waals surface area contributed by atoms with E-state index in [9.17, 15) is 9.59 Å². The Labute approximate surface area is 108 Å². The van der Waals surface area contributed by atoms with E-state index in [4.69, 9.17) is 9.84 Å². The van der Waals surface area contributed by atoms with E-state index in [1.165, 1.54) is 0 Å². The monoisotopic (exact) mass is 260 g/mol. The molecule has 1 atom stereocenters. The number of aromatic nitrogens is 1. The van der Waals surface area contributed by atoms with Crippen LogP contribution in [0.3, 0.4) is 0 Å². The number of carboxylic acids is 1. The quantitative estimate of drug-likeness (QED) is 0.875. The predicted molar refractivity (Wildman–Crippen MR) is 67.2 cm³/mol. The fourth-order valence-corrected chi connectivity index (χ4v) is 2.25. The zero-order valence-electron chi connectivity index (χ0n) is 10.00. The number of hydrogen-bond donors (Lipinski definition) is 2. The highest BCUT2D eigenvalue weighted by Gasteiger charge is 2.23. The molecule has 0 bridgehead atoms. The summed E-state index contributed by atoms with van der Waals surface area (Å²) in [5.74, 6) is -0.941. The molecule has 1 aromatic heterocycles. The van der Waals surface area contributed by atoms with Gasteiger partial charge in [-0.25, -0.2) is 9.59 Å². The molecule has 1 unspecified atom stereocenters. The maximum absolute atomic E-state index is 11.0. The summed E-state index contributed by atoms with van der Waals surface area (Å²) in [6.07, 6.45) is 1.28. The van der Waals surface area contributed by atoms with E-state index < -0.39 is 12.1 Å². The van der Waals surface area contributed by atoms with Gasteiger partial charge in [-0.2, -0.15) is 0 Å². The number of benzene rings is 1. The van der Waals surface area contributed by atoms with E-state index in [0.717, 1.165) is 10.9 Å². The molecule has 98 valence electrons. The number of nitrogens with one attached hydrogen (secondary N) is 1. The first-order chi connectivity index (χ1) is 9.13. The molecule has 1 fully saturated rings. The summed E-state index contributed by atoms with van der Waals surface area (Å²) in [5, 5.41) is 12.4. The molecule has 1 saturated heterocycles. The van der Waals surface area contributed by atoms with Crippen LogP contribution < -0.4 is 5.32 Å². The second kappa shape index (κ2) is 4.31. The number of nitrogens with zero attached hydrogens (tertiary/aromatic N) is 1. The number of fused-ring (bicyclic) bond motifs is 1. The van der Waals surface area contributed by atoms with Gasteiger partial charge in [0.1, 0.15) is 6.10 Å². The first-order valence-electron chi connectivity index (χ1n) is 5.90. The zero-order valence-corrected chi connectivity index (χ0v) is 10.00. The van der Waals surface area contributed by atoms with Crippen molar-refractivity contribution >= 4 is 23.0 Å². The highest BCUT2D eigenvalue weighted by Crippen LogP contribution is 2.19. The van der Waals surface area contributed by atoms with Crippen LogP contribution in [0.2, 0.25) is 0 Å². The average Bonchev–Trinajstić information content (AvgIpc) is 2.96. The lowest BCUT2D eigenvalue weighted by Crippen LogP contribution is -2.20. The lowest BCUT2D eigenvalue weighted by atomic mass is 10.1. The third-order valence-electron chi connectivity index (χ3n) is 3.17. The molecular weight excluding hydrogens is 248 g/mol. The molecule has 0 saturated carbocycles. The lowest BCUT2D eigenvalue weighted by Gasteiger charge is -2.10. The first-order valence-corrected chi connectivity index (χ1v) is 5.90. The van der Waals surface area contributed by atoms with Crippen LogP contribution in [0.25, 0.3) is 10.9 Å². The van der Waals surface area contributed by atoms with E-state index in [0.29, 0.717) is 13.1 Å². The lowest BCUT2D eigenvalue weighted by molar-refractivity contribution is 0.0697. The Morgan fingerprint density at radius 3 is 3.00 bits per heavy atom. The highest BCUT2D eigenvalue weighted by molar-refractivity contribution is 5.93. The van der Waals surface area contributed by atoms with Crippen LogP contribution in [0.1, 0.15) is 10.4 Å². The van der Waals surface area contributed by atoms with Crippen LogP contribution in [0.5, 0.6) is 0 Å². The van der Waals surface area contributed by atoms with E-state index in [1.807, 2.05) is 16.8 Å². The minimum absolute atomic E-state index is 0.192. The molecule has 1 aliphatic rings. The van der Waals surface area contributed by atoms with Gasteiger partial charge < -0.3 is 19.7 Å². The predicted octanol–water partition coefficient (Wildman–Crippen LogP) is 1.45. The number of amides is 1. The van der Waals surface area contributed by atoms with E-state index in [1.54, 1.807) is 18.2 Å². The van der Waals surface area contributed by atoms with Crippen LogP contribution in [0.15, 0.2) is 30.5 Å². The third-order valence-corrected chi connectivity index (χ3v) is 3.17. The number of carboxylic acid groups (broad SMARTS) is 1. The van der Waals surface area contributed by atoms with Gasteiger partial charge in [0.2, 0.25) is 0 Å². The van der Waals surface area contributed by atoms with Crippen LogP contribution >= 0.6 is 0 Å². The fourth-order valence-electron chi connectivity index (χ4n) is 2.25. The van der Waals surface area contributed by atoms with Crippen molar-refractivity contribution < 1.29 is 19.4 Å². The number of hydrogen-bond acceptors (Lipinski definition) is 3. The van der Waals surface area contributed by atoms with Gasteiger partial charge in [-0.3, -0.25) is 0 Å². The van der Waals surface area contributed by atoms with Gasteiger partial charge in [-0.15, -0.1) is 0 Å². The molecule has 6 heteroatoms. The van der Waals surface area contributed by atoms with Gasteiger partial charge in [-0.05, 0) is 24.3 Å². The average molecular weight is 260 g/mol. The van der Waals surface area contributed by atoms with Crippen molar-refractivity contribution in [1.29, 1.82) is 0 Å². The van der Waals surface area contributed by atoms with Gasteiger partial charge in [0.15, 0.2) is 0 Å². The minimum atomic E-state index is -0.941. The Morgan fingerprint density at radius 2 is 2.32 bits per heavy atom. The summed E-state index contributed by atoms with van der Waals surface area (Å²) in [6, 6.07) is 6.82. The van der Waals surface area contributed by atoms with E-state index >= 15 is 0 Å². The van der Waals surface area contributed by atoms with Crippen molar-refractivity contribution in [3.05, 3.63) is 36.0 Å². The molecule has 0 aliphatic carbocycles. The highest BCUT2D eigenvalue weighted by atomic mass is 16.6. The van der Waals surface area contributed by atoms with Gasteiger partial charge in [0, 0.05) is 17.1 Å². The number of ether oxygens (including phenoxy) is 1. The van der Waals surface area contributed by atoms with E-state index in [-0.39, 0.29) is 11.7 Å². The molecule has 0 radical (unpaired) electrons. The Kier molecular flexibility index (Phi) is 2.63. The molecule has 0 spiro atoms. The van der Waals surface area contributed by atoms with Crippen LogP contribution in [-0.2, 0) is 11.3 Å². The van der Waals surface area contributed by atoms with Gasteiger partial charge in [0.05, 0.1) is 18.7 Å². The van der Waals surface area contributed by atoms with Crippen molar-refractivity contribution in [2.45, 2.75) is 12.6 Å². The number of rotatable bonds is 3. The normalized spacial score (nSPS) is 18.3. The summed E-state index contributed by atoms with van der Waals surface area (Å²) < 4.78 is 7.03. The fraction of sp³-hybridized carbons (Fsp3) is 0.231. The number of carbonyl (C=O) groups is 2. The Bertz CT molecular complexity index is 662. The molecule has 1 aliphatic heterocycles. The SMILES string of the molecule is O=C1NCC(Cn2ccc3cc(C(=O)O)ccc32)O1. The molecule has 1 amide bonds. The molecule has 3 rings (SSSR count). The topological polar surface area (TPSA) is 80.6 Å². The Morgan fingerprint density at radius 1 is 1.47 bits per heavy atom. The Hall–Kier alpha value is -2.50. The van der Waals surface area contributed by atoms with Crippen molar-refractivity contribution in [1.82, 2.24) is 9.88 Å². The molecule has 2 aromatic rings. The molecule has 1 aromatic carbocycles. The van der Waals surface area contributed by atoms with Crippen molar-refractivity contribution in [2.24, 2.45) is 0 Å². The second-order valence-corrected chi connectivity index (χ2v) is 4.46. The van der Waals surface area contributed by atoms with Crippen molar-refractivity contribution in [3.8, 4) is 0 Å². The summed E-state index contributed by atoms with van der Waals surface area (Å²) in [7, 11) is 0. The first kappa shape index (κ1) is 11.6. The summed E-state index contributed by atoms with van der Waals surface area (Å²) >= 11 is 0. The number of carbonyl (C=O) groups excluding carboxylic acids is 1. The van der Waals surface area contributed by atoms with E-state index in [2.05, 4.69) is 5.32 Å². The molecule has 2 N–H and O–H groups in total. The maximum Gasteiger partial charge on any atom is 0.407 e. The van der Waals surface area contributed by atoms with Gasteiger partial charge in [-0.1, -0.05) is 0 Å². The molecular formula is C13H12N2O4. The van der Waals surface area contributed by atoms with Crippen LogP contribution in [0, 0.1) is 0 Å². The van der Waals surface area contributed by atoms with Gasteiger partial charge >= 0.3 is 12.1 Å². The molecule has 6 nitrogen and oxygen atoms in total. The number of aromatic carboxylic acids is 1. The summed E-state index contributed by atoms with van der Waals surface area (Å²) in [5.41, 5.74) is 1.19. The number of alkyl carbamates (subject to hydrolysis) is 1. The molecule has 19 heavy (non-hydrogen) atoms. The Balaban J connectivity index is 1.88. The van der Waals surface area contributed by atoms with Crippen molar-refractivity contribution in [2.75, 3.05) is 6.54 Å². The standard InChI is InChI=1S/C13H12N2O4/c16-12(17)9-1-2-11-8(5-9)3-4-15(11)7-10-6-14-13(18)19-10/h1-5,10H,6-7H2,(H,14,18)(H,16,17). The van der Waals surface area contributed by atoms with Gasteiger partial charge in [0.25, 0.3) is 0 Å². The molecule has 2 heterocycles. The third kappa shape index (κ3) is 2.12. The van der Waals surface area contributed by atoms with Crippen molar-refractivity contribution in [3.63, 3.8) is 0 Å². The number of cyclic esters (lactones) is 1. The smallest absolute Gasteiger partial charge is 0.407 e. The summed E-state index contributed by atoms with van der Waals surface area (Å²) in [4.78, 5) is 21.9.